The van der Waals surface area contributed by atoms with Crippen molar-refractivity contribution in [3.8, 4) is 0 Å². The molecule has 1 atom stereocenters. The first-order valence-electron chi connectivity index (χ1n) is 6.05. The van der Waals surface area contributed by atoms with Crippen molar-refractivity contribution in [2.45, 2.75) is 17.7 Å². The molecule has 5 nitrogen and oxygen atoms in total. The lowest BCUT2D eigenvalue weighted by atomic mass is 10.0. The Bertz CT molecular complexity index is 637. The Balaban J connectivity index is 1.81. The van der Waals surface area contributed by atoms with E-state index < -0.39 is 0 Å². The quantitative estimate of drug-likeness (QED) is 0.909. The molecule has 0 radical (unpaired) electrons. The van der Waals surface area contributed by atoms with Gasteiger partial charge in [-0.15, -0.1) is 11.8 Å². The van der Waals surface area contributed by atoms with Crippen molar-refractivity contribution in [1.82, 2.24) is 14.8 Å². The fourth-order valence-electron chi connectivity index (χ4n) is 2.20. The Morgan fingerprint density at radius 3 is 3.00 bits per heavy atom. The molecule has 0 bridgehead atoms. The van der Waals surface area contributed by atoms with Crippen LogP contribution in [0.1, 0.15) is 17.3 Å². The minimum Gasteiger partial charge on any atom is -0.294 e. The number of amides is 1. The number of thioether (sulfide) groups is 1. The molecule has 6 heteroatoms. The van der Waals surface area contributed by atoms with Gasteiger partial charge in [0.25, 0.3) is 0 Å². The summed E-state index contributed by atoms with van der Waals surface area (Å²) in [6.45, 7) is 1.80. The van der Waals surface area contributed by atoms with Gasteiger partial charge in [-0.1, -0.05) is 18.2 Å². The molecule has 98 valence electrons. The zero-order chi connectivity index (χ0) is 13.4. The Kier molecular flexibility index (Phi) is 3.02. The van der Waals surface area contributed by atoms with Gasteiger partial charge in [0.05, 0.1) is 5.92 Å². The molecule has 1 N–H and O–H groups in total. The zero-order valence-corrected chi connectivity index (χ0v) is 11.6. The number of fused-ring (bicyclic) bond motifs is 1. The molecule has 1 aromatic heterocycles. The second kappa shape index (κ2) is 4.70. The maximum Gasteiger partial charge on any atom is 0.235 e. The number of rotatable bonds is 2. The number of carbonyl (C=O) groups is 1. The maximum absolute atomic E-state index is 12.3. The van der Waals surface area contributed by atoms with Gasteiger partial charge in [0, 0.05) is 17.7 Å². The second-order valence-electron chi connectivity index (χ2n) is 4.50. The van der Waals surface area contributed by atoms with E-state index in [4.69, 9.17) is 0 Å². The van der Waals surface area contributed by atoms with E-state index in [0.717, 1.165) is 11.3 Å². The number of nitrogens with zero attached hydrogens (tertiary/aromatic N) is 3. The number of hydrogen-bond acceptors (Lipinski definition) is 4. The summed E-state index contributed by atoms with van der Waals surface area (Å²) in [5.41, 5.74) is 1.10. The standard InChI is InChI=1S/C13H14N4OS/c1-8-14-13(17(2)16-8)15-12(18)10-7-19-11-6-4-3-5-9(10)11/h3-6,10H,7H2,1-2H3,(H,14,15,16,18)/t10-/m0/s1. The molecule has 0 fully saturated rings. The molecule has 2 heterocycles. The highest BCUT2D eigenvalue weighted by atomic mass is 32.2. The van der Waals surface area contributed by atoms with Crippen LogP contribution in [0.2, 0.25) is 0 Å². The van der Waals surface area contributed by atoms with Crippen molar-refractivity contribution in [2.75, 3.05) is 11.1 Å². The molecule has 3 rings (SSSR count). The third-order valence-corrected chi connectivity index (χ3v) is 4.30. The van der Waals surface area contributed by atoms with E-state index in [1.54, 1.807) is 30.4 Å². The number of carbonyl (C=O) groups excluding carboxylic acids is 1. The summed E-state index contributed by atoms with van der Waals surface area (Å²) < 4.78 is 1.58. The van der Waals surface area contributed by atoms with Crippen LogP contribution < -0.4 is 5.32 Å². The number of nitrogens with one attached hydrogen (secondary N) is 1. The van der Waals surface area contributed by atoms with Crippen molar-refractivity contribution in [2.24, 2.45) is 7.05 Å². The lowest BCUT2D eigenvalue weighted by molar-refractivity contribution is -0.117. The largest absolute Gasteiger partial charge is 0.294 e. The highest BCUT2D eigenvalue weighted by molar-refractivity contribution is 7.99. The molecule has 0 unspecified atom stereocenters. The van der Waals surface area contributed by atoms with Gasteiger partial charge in [-0.25, -0.2) is 4.68 Å². The van der Waals surface area contributed by atoms with Crippen molar-refractivity contribution >= 4 is 23.6 Å². The van der Waals surface area contributed by atoms with E-state index in [1.165, 1.54) is 4.90 Å². The van der Waals surface area contributed by atoms with Crippen LogP contribution in [0.3, 0.4) is 0 Å². The first kappa shape index (κ1) is 12.2. The fraction of sp³-hybridized carbons (Fsp3) is 0.308. The van der Waals surface area contributed by atoms with E-state index in [1.807, 2.05) is 18.2 Å². The number of benzene rings is 1. The van der Waals surface area contributed by atoms with E-state index in [2.05, 4.69) is 21.5 Å². The van der Waals surface area contributed by atoms with Crippen LogP contribution in [0.4, 0.5) is 5.95 Å². The van der Waals surface area contributed by atoms with Gasteiger partial charge in [0.2, 0.25) is 11.9 Å². The molecule has 1 aromatic carbocycles. The minimum absolute atomic E-state index is 0.0204. The average Bonchev–Trinajstić information content (AvgIpc) is 2.93. The summed E-state index contributed by atoms with van der Waals surface area (Å²) in [5, 5.41) is 6.97. The number of anilines is 1. The number of hydrogen-bond donors (Lipinski definition) is 1. The van der Waals surface area contributed by atoms with Crippen molar-refractivity contribution in [3.05, 3.63) is 35.7 Å². The Morgan fingerprint density at radius 2 is 2.26 bits per heavy atom. The van der Waals surface area contributed by atoms with Gasteiger partial charge in [0.15, 0.2) is 0 Å². The van der Waals surface area contributed by atoms with Crippen molar-refractivity contribution < 1.29 is 4.79 Å². The molecular formula is C13H14N4OS. The summed E-state index contributed by atoms with van der Waals surface area (Å²) in [5.74, 6) is 1.80. The normalized spacial score (nSPS) is 17.3. The van der Waals surface area contributed by atoms with Crippen LogP contribution >= 0.6 is 11.8 Å². The third kappa shape index (κ3) is 2.23. The van der Waals surface area contributed by atoms with E-state index in [0.29, 0.717) is 11.8 Å². The molecular weight excluding hydrogens is 260 g/mol. The first-order valence-corrected chi connectivity index (χ1v) is 7.04. The Hall–Kier alpha value is -1.82. The molecule has 19 heavy (non-hydrogen) atoms. The van der Waals surface area contributed by atoms with E-state index >= 15 is 0 Å². The zero-order valence-electron chi connectivity index (χ0n) is 10.8. The minimum atomic E-state index is -0.113. The summed E-state index contributed by atoms with van der Waals surface area (Å²) in [6, 6.07) is 8.04. The topological polar surface area (TPSA) is 59.8 Å². The predicted molar refractivity (Wildman–Crippen MR) is 74.3 cm³/mol. The lowest BCUT2D eigenvalue weighted by Crippen LogP contribution is -2.22. The molecule has 1 aliphatic rings. The number of aryl methyl sites for hydroxylation is 2. The average molecular weight is 274 g/mol. The molecule has 0 saturated heterocycles. The van der Waals surface area contributed by atoms with Crippen LogP contribution in [0.5, 0.6) is 0 Å². The van der Waals surface area contributed by atoms with Gasteiger partial charge in [-0.2, -0.15) is 10.1 Å². The van der Waals surface area contributed by atoms with E-state index in [-0.39, 0.29) is 11.8 Å². The highest BCUT2D eigenvalue weighted by Crippen LogP contribution is 2.39. The van der Waals surface area contributed by atoms with Crippen molar-refractivity contribution in [1.29, 1.82) is 0 Å². The Labute approximate surface area is 115 Å². The third-order valence-electron chi connectivity index (χ3n) is 3.12. The fourth-order valence-corrected chi connectivity index (χ4v) is 3.43. The predicted octanol–water partition coefficient (Wildman–Crippen LogP) is 1.95. The van der Waals surface area contributed by atoms with Gasteiger partial charge in [0.1, 0.15) is 5.82 Å². The molecule has 0 aliphatic carbocycles. The van der Waals surface area contributed by atoms with Crippen LogP contribution in [-0.2, 0) is 11.8 Å². The second-order valence-corrected chi connectivity index (χ2v) is 5.56. The lowest BCUT2D eigenvalue weighted by Gasteiger charge is -2.10. The highest BCUT2D eigenvalue weighted by Gasteiger charge is 2.29. The molecule has 1 aliphatic heterocycles. The smallest absolute Gasteiger partial charge is 0.235 e. The Morgan fingerprint density at radius 1 is 1.47 bits per heavy atom. The molecule has 0 saturated carbocycles. The molecule has 0 spiro atoms. The summed E-state index contributed by atoms with van der Waals surface area (Å²) in [6.07, 6.45) is 0. The SMILES string of the molecule is Cc1nc(NC(=O)[C@H]2CSc3ccccc32)n(C)n1. The monoisotopic (exact) mass is 274 g/mol. The van der Waals surface area contributed by atoms with Crippen LogP contribution in [-0.4, -0.2) is 26.4 Å². The molecule has 2 aromatic rings. The first-order chi connectivity index (χ1) is 9.15. The van der Waals surface area contributed by atoms with Gasteiger partial charge >= 0.3 is 0 Å². The van der Waals surface area contributed by atoms with Gasteiger partial charge in [-0.05, 0) is 18.6 Å². The van der Waals surface area contributed by atoms with E-state index in [9.17, 15) is 4.79 Å². The summed E-state index contributed by atoms with van der Waals surface area (Å²) in [7, 11) is 1.77. The summed E-state index contributed by atoms with van der Waals surface area (Å²) >= 11 is 1.72. The van der Waals surface area contributed by atoms with Crippen molar-refractivity contribution in [3.63, 3.8) is 0 Å². The van der Waals surface area contributed by atoms with Crippen LogP contribution in [0, 0.1) is 6.92 Å². The van der Waals surface area contributed by atoms with Gasteiger partial charge < -0.3 is 0 Å². The van der Waals surface area contributed by atoms with Crippen LogP contribution in [0.15, 0.2) is 29.2 Å². The summed E-state index contributed by atoms with van der Waals surface area (Å²) in [4.78, 5) is 17.7. The molecule has 1 amide bonds. The maximum atomic E-state index is 12.3. The van der Waals surface area contributed by atoms with Gasteiger partial charge in [-0.3, -0.25) is 10.1 Å². The van der Waals surface area contributed by atoms with Crippen LogP contribution in [0.25, 0.3) is 0 Å². The number of aromatic nitrogens is 3.